The van der Waals surface area contributed by atoms with Crippen LogP contribution in [-0.4, -0.2) is 31.6 Å². The van der Waals surface area contributed by atoms with E-state index < -0.39 is 0 Å². The fraction of sp³-hybridized carbons (Fsp3) is 0.636. The molecule has 0 saturated heterocycles. The molecule has 1 aromatic carbocycles. The predicted molar refractivity (Wildman–Crippen MR) is 66.8 cm³/mol. The molecule has 4 heteroatoms. The third-order valence-electron chi connectivity index (χ3n) is 2.57. The summed E-state index contributed by atoms with van der Waals surface area (Å²) in [4.78, 5) is 13.4. The van der Waals surface area contributed by atoms with E-state index in [1.807, 2.05) is 0 Å². The topological polar surface area (TPSA) is 32.3 Å². The SMILES string of the molecule is CCN(C)CCCCNc1cc(=S)c1=O. The molecule has 0 aliphatic heterocycles. The molecule has 0 radical (unpaired) electrons. The van der Waals surface area contributed by atoms with Crippen molar-refractivity contribution in [2.45, 2.75) is 19.8 Å². The van der Waals surface area contributed by atoms with E-state index in [1.165, 1.54) is 0 Å². The molecule has 84 valence electrons. The first-order valence-electron chi connectivity index (χ1n) is 5.38. The smallest absolute Gasteiger partial charge is 0.219 e. The fourth-order valence-electron chi connectivity index (χ4n) is 1.34. The van der Waals surface area contributed by atoms with E-state index in [-0.39, 0.29) is 5.43 Å². The molecule has 0 unspecified atom stereocenters. The van der Waals surface area contributed by atoms with Crippen molar-refractivity contribution in [2.75, 3.05) is 32.0 Å². The van der Waals surface area contributed by atoms with Crippen LogP contribution in [0.4, 0.5) is 5.69 Å². The molecular formula is C11H18N2OS. The number of rotatable bonds is 7. The quantitative estimate of drug-likeness (QED) is 0.567. The summed E-state index contributed by atoms with van der Waals surface area (Å²) in [5.41, 5.74) is 0.680. The van der Waals surface area contributed by atoms with Crippen molar-refractivity contribution in [1.82, 2.24) is 4.90 Å². The number of hydrogen-bond acceptors (Lipinski definition) is 4. The first-order valence-corrected chi connectivity index (χ1v) is 5.78. The van der Waals surface area contributed by atoms with Crippen molar-refractivity contribution in [3.8, 4) is 0 Å². The molecule has 0 saturated carbocycles. The molecule has 3 nitrogen and oxygen atoms in total. The average molecular weight is 226 g/mol. The molecule has 1 rings (SSSR count). The summed E-state index contributed by atoms with van der Waals surface area (Å²) in [7, 11) is 2.11. The third-order valence-corrected chi connectivity index (χ3v) is 2.87. The maximum atomic E-state index is 11.1. The van der Waals surface area contributed by atoms with E-state index in [1.54, 1.807) is 6.07 Å². The Morgan fingerprint density at radius 1 is 1.47 bits per heavy atom. The highest BCUT2D eigenvalue weighted by molar-refractivity contribution is 7.71. The van der Waals surface area contributed by atoms with E-state index in [9.17, 15) is 4.79 Å². The second-order valence-corrected chi connectivity index (χ2v) is 4.22. The van der Waals surface area contributed by atoms with Gasteiger partial charge >= 0.3 is 0 Å². The van der Waals surface area contributed by atoms with Crippen LogP contribution in [0.2, 0.25) is 0 Å². The van der Waals surface area contributed by atoms with E-state index in [2.05, 4.69) is 24.2 Å². The van der Waals surface area contributed by atoms with Gasteiger partial charge in [-0.15, -0.1) is 0 Å². The van der Waals surface area contributed by atoms with Crippen LogP contribution < -0.4 is 10.7 Å². The lowest BCUT2D eigenvalue weighted by atomic mass is 10.2. The van der Waals surface area contributed by atoms with Gasteiger partial charge in [-0.2, -0.15) is 0 Å². The molecule has 0 spiro atoms. The Bertz CT molecular complexity index is 368. The zero-order valence-electron chi connectivity index (χ0n) is 9.38. The van der Waals surface area contributed by atoms with E-state index in [0.717, 1.165) is 32.5 Å². The van der Waals surface area contributed by atoms with Crippen molar-refractivity contribution >= 4 is 17.9 Å². The highest BCUT2D eigenvalue weighted by Crippen LogP contribution is 2.04. The highest BCUT2D eigenvalue weighted by Gasteiger charge is 2.04. The molecule has 0 aliphatic rings. The zero-order valence-corrected chi connectivity index (χ0v) is 10.2. The van der Waals surface area contributed by atoms with Gasteiger partial charge in [-0.3, -0.25) is 4.79 Å². The molecule has 0 amide bonds. The van der Waals surface area contributed by atoms with Gasteiger partial charge in [0.05, 0.1) is 10.2 Å². The van der Waals surface area contributed by atoms with Crippen molar-refractivity contribution in [1.29, 1.82) is 0 Å². The first-order chi connectivity index (χ1) is 7.15. The van der Waals surface area contributed by atoms with Gasteiger partial charge in [0.2, 0.25) is 5.43 Å². The van der Waals surface area contributed by atoms with Gasteiger partial charge in [0.1, 0.15) is 0 Å². The van der Waals surface area contributed by atoms with Crippen molar-refractivity contribution in [3.05, 3.63) is 20.8 Å². The normalized spacial score (nSPS) is 11.1. The monoisotopic (exact) mass is 226 g/mol. The number of unbranched alkanes of at least 4 members (excludes halogenated alkanes) is 1. The molecule has 0 heterocycles. The van der Waals surface area contributed by atoms with E-state index in [0.29, 0.717) is 10.2 Å². The molecule has 0 aliphatic carbocycles. The summed E-state index contributed by atoms with van der Waals surface area (Å²) in [6, 6.07) is 1.73. The zero-order chi connectivity index (χ0) is 11.3. The van der Waals surface area contributed by atoms with Crippen molar-refractivity contribution < 1.29 is 0 Å². The van der Waals surface area contributed by atoms with Gasteiger partial charge in [-0.05, 0) is 39.0 Å². The van der Waals surface area contributed by atoms with Crippen LogP contribution in [0.3, 0.4) is 0 Å². The Morgan fingerprint density at radius 2 is 2.20 bits per heavy atom. The maximum absolute atomic E-state index is 11.1. The molecular weight excluding hydrogens is 208 g/mol. The summed E-state index contributed by atoms with van der Waals surface area (Å²) < 4.78 is 0.447. The largest absolute Gasteiger partial charge is 0.382 e. The fourth-order valence-corrected chi connectivity index (χ4v) is 1.56. The van der Waals surface area contributed by atoms with Gasteiger partial charge in [-0.25, -0.2) is 0 Å². The molecule has 15 heavy (non-hydrogen) atoms. The molecule has 0 aromatic heterocycles. The minimum absolute atomic E-state index is 0.00400. The Labute approximate surface area is 95.8 Å². The van der Waals surface area contributed by atoms with Crippen LogP contribution in [0.5, 0.6) is 0 Å². The highest BCUT2D eigenvalue weighted by atomic mass is 32.1. The maximum Gasteiger partial charge on any atom is 0.219 e. The van der Waals surface area contributed by atoms with Crippen LogP contribution in [0.1, 0.15) is 19.8 Å². The van der Waals surface area contributed by atoms with Crippen molar-refractivity contribution in [3.63, 3.8) is 0 Å². The number of hydrogen-bond donors (Lipinski definition) is 1. The lowest BCUT2D eigenvalue weighted by Crippen LogP contribution is -2.20. The third kappa shape index (κ3) is 3.72. The minimum Gasteiger partial charge on any atom is -0.382 e. The van der Waals surface area contributed by atoms with Crippen LogP contribution in [0, 0.1) is 4.51 Å². The first kappa shape index (κ1) is 12.3. The van der Waals surface area contributed by atoms with Gasteiger partial charge in [0.25, 0.3) is 0 Å². The summed E-state index contributed by atoms with van der Waals surface area (Å²) in [6.45, 7) is 5.21. The Kier molecular flexibility index (Phi) is 4.91. The van der Waals surface area contributed by atoms with Gasteiger partial charge in [-0.1, -0.05) is 19.1 Å². The van der Waals surface area contributed by atoms with E-state index in [4.69, 9.17) is 12.2 Å². The molecule has 0 atom stereocenters. The molecule has 1 N–H and O–H groups in total. The minimum atomic E-state index is -0.00400. The number of nitrogens with one attached hydrogen (secondary N) is 1. The Morgan fingerprint density at radius 3 is 2.73 bits per heavy atom. The molecule has 1 aromatic rings. The Balaban J connectivity index is 2.06. The average Bonchev–Trinajstić information content (AvgIpc) is 2.26. The Hall–Kier alpha value is -0.740. The summed E-state index contributed by atoms with van der Waals surface area (Å²) in [6.07, 6.45) is 2.24. The van der Waals surface area contributed by atoms with Crippen LogP contribution in [0.15, 0.2) is 10.9 Å². The predicted octanol–water partition coefficient (Wildman–Crippen LogP) is 1.80. The summed E-state index contributed by atoms with van der Waals surface area (Å²) in [5, 5.41) is 3.10. The van der Waals surface area contributed by atoms with Gasteiger partial charge < -0.3 is 10.2 Å². The van der Waals surface area contributed by atoms with E-state index >= 15 is 0 Å². The molecule has 0 fully saturated rings. The number of anilines is 1. The second-order valence-electron chi connectivity index (χ2n) is 3.78. The lowest BCUT2D eigenvalue weighted by molar-refractivity contribution is 0.345. The summed E-state index contributed by atoms with van der Waals surface area (Å²) >= 11 is 4.76. The van der Waals surface area contributed by atoms with Gasteiger partial charge in [0, 0.05) is 6.54 Å². The van der Waals surface area contributed by atoms with Crippen LogP contribution in [0.25, 0.3) is 0 Å². The molecule has 0 bridgehead atoms. The van der Waals surface area contributed by atoms with Crippen LogP contribution in [-0.2, 0) is 0 Å². The second kappa shape index (κ2) is 5.98. The van der Waals surface area contributed by atoms with Crippen molar-refractivity contribution in [2.24, 2.45) is 0 Å². The summed E-state index contributed by atoms with van der Waals surface area (Å²) in [5.74, 6) is 0. The van der Waals surface area contributed by atoms with Crippen LogP contribution >= 0.6 is 12.2 Å². The number of nitrogens with zero attached hydrogens (tertiary/aromatic N) is 1. The lowest BCUT2D eigenvalue weighted by Gasteiger charge is -2.13. The standard InChI is InChI=1S/C11H18N2OS/c1-3-13(2)7-5-4-6-12-9-8-10(15)11(9)14/h8,12H,3-7H2,1-2H3. The van der Waals surface area contributed by atoms with Gasteiger partial charge in [0.15, 0.2) is 0 Å².